The summed E-state index contributed by atoms with van der Waals surface area (Å²) in [5, 5.41) is 1.23. The van der Waals surface area contributed by atoms with Crippen LogP contribution in [0.2, 0.25) is 0 Å². The largest absolute Gasteiger partial charge is 0.340 e. The molecule has 0 bridgehead atoms. The zero-order chi connectivity index (χ0) is 24.7. The van der Waals surface area contributed by atoms with Crippen LogP contribution in [0.1, 0.15) is 39.9 Å². The molecule has 2 heterocycles. The highest BCUT2D eigenvalue weighted by molar-refractivity contribution is 7.89. The Labute approximate surface area is 208 Å². The molecular weight excluding hydrogens is 452 g/mol. The van der Waals surface area contributed by atoms with Crippen molar-refractivity contribution in [3.05, 3.63) is 106 Å². The van der Waals surface area contributed by atoms with Gasteiger partial charge in [-0.3, -0.25) is 0 Å². The van der Waals surface area contributed by atoms with Gasteiger partial charge in [-0.25, -0.2) is 8.42 Å². The average molecular weight is 485 g/mol. The zero-order valence-electron chi connectivity index (χ0n) is 20.9. The number of para-hydroxylation sites is 1. The number of nitrogens with zero attached hydrogens (tertiary/aromatic N) is 2. The molecule has 0 radical (unpaired) electrons. The molecule has 0 N–H and O–H groups in total. The van der Waals surface area contributed by atoms with Gasteiger partial charge in [0.2, 0.25) is 10.0 Å². The van der Waals surface area contributed by atoms with Crippen LogP contribution in [-0.4, -0.2) is 30.4 Å². The van der Waals surface area contributed by atoms with E-state index < -0.39 is 10.0 Å². The summed E-state index contributed by atoms with van der Waals surface area (Å²) in [7, 11) is -3.53. The molecule has 5 rings (SSSR count). The van der Waals surface area contributed by atoms with Crippen LogP contribution in [0.4, 0.5) is 0 Å². The van der Waals surface area contributed by atoms with Crippen LogP contribution in [0.15, 0.2) is 77.7 Å². The van der Waals surface area contributed by atoms with E-state index in [1.807, 2.05) is 26.0 Å². The Hall–Kier alpha value is -3.15. The fraction of sp³-hybridized carbons (Fsp3) is 0.267. The van der Waals surface area contributed by atoms with Crippen LogP contribution < -0.4 is 0 Å². The molecule has 35 heavy (non-hydrogen) atoms. The molecule has 0 fully saturated rings. The van der Waals surface area contributed by atoms with Gasteiger partial charge in [0.1, 0.15) is 0 Å². The van der Waals surface area contributed by atoms with Crippen LogP contribution in [-0.2, 0) is 16.6 Å². The third kappa shape index (κ3) is 4.24. The first-order chi connectivity index (χ1) is 16.8. The fourth-order valence-electron chi connectivity index (χ4n) is 5.22. The minimum atomic E-state index is -3.53. The second-order valence-corrected chi connectivity index (χ2v) is 11.5. The monoisotopic (exact) mass is 484 g/mol. The first-order valence-corrected chi connectivity index (χ1v) is 13.6. The van der Waals surface area contributed by atoms with Crippen molar-refractivity contribution in [1.29, 1.82) is 0 Å². The van der Waals surface area contributed by atoms with Crippen molar-refractivity contribution in [3.8, 4) is 0 Å². The van der Waals surface area contributed by atoms with Crippen LogP contribution in [0.3, 0.4) is 0 Å². The molecule has 0 spiro atoms. The SMILES string of the molecule is Cc1ccc(C)c(S(=O)(=O)N2CC=C(c3c(C)n(Cc4ccccc4C)c4ccccc34)CC2)c1. The quantitative estimate of drug-likeness (QED) is 0.329. The second kappa shape index (κ2) is 9.14. The molecule has 4 nitrogen and oxygen atoms in total. The van der Waals surface area contributed by atoms with E-state index in [0.29, 0.717) is 24.4 Å². The van der Waals surface area contributed by atoms with Gasteiger partial charge in [-0.1, -0.05) is 60.7 Å². The first kappa shape index (κ1) is 23.6. The van der Waals surface area contributed by atoms with Gasteiger partial charge in [0.15, 0.2) is 0 Å². The molecular formula is C30H32N2O2S. The number of benzene rings is 3. The summed E-state index contributed by atoms with van der Waals surface area (Å²) in [6, 6.07) is 22.7. The van der Waals surface area contributed by atoms with E-state index in [0.717, 1.165) is 17.7 Å². The highest BCUT2D eigenvalue weighted by Crippen LogP contribution is 2.36. The number of sulfonamides is 1. The maximum atomic E-state index is 13.4. The summed E-state index contributed by atoms with van der Waals surface area (Å²) >= 11 is 0. The summed E-state index contributed by atoms with van der Waals surface area (Å²) in [4.78, 5) is 0.417. The molecule has 1 aromatic heterocycles. The lowest BCUT2D eigenvalue weighted by Gasteiger charge is -2.27. The van der Waals surface area contributed by atoms with Crippen molar-refractivity contribution < 1.29 is 8.42 Å². The molecule has 0 aliphatic carbocycles. The summed E-state index contributed by atoms with van der Waals surface area (Å²) in [6.45, 7) is 9.84. The van der Waals surface area contributed by atoms with Gasteiger partial charge in [0.05, 0.1) is 4.90 Å². The molecule has 4 aromatic rings. The van der Waals surface area contributed by atoms with Gasteiger partial charge in [0.25, 0.3) is 0 Å². The van der Waals surface area contributed by atoms with Crippen LogP contribution in [0.5, 0.6) is 0 Å². The Balaban J connectivity index is 1.51. The zero-order valence-corrected chi connectivity index (χ0v) is 21.7. The lowest BCUT2D eigenvalue weighted by atomic mass is 9.97. The predicted octanol–water partition coefficient (Wildman–Crippen LogP) is 6.40. The molecule has 0 saturated heterocycles. The molecule has 1 aliphatic rings. The summed E-state index contributed by atoms with van der Waals surface area (Å²) in [5.74, 6) is 0. The third-order valence-corrected chi connectivity index (χ3v) is 9.28. The van der Waals surface area contributed by atoms with E-state index in [2.05, 4.69) is 73.0 Å². The molecule has 180 valence electrons. The first-order valence-electron chi connectivity index (χ1n) is 12.2. The van der Waals surface area contributed by atoms with Crippen LogP contribution >= 0.6 is 0 Å². The molecule has 1 aliphatic heterocycles. The summed E-state index contributed by atoms with van der Waals surface area (Å²) in [6.07, 6.45) is 2.81. The Morgan fingerprint density at radius 3 is 2.34 bits per heavy atom. The number of aryl methyl sites for hydroxylation is 3. The second-order valence-electron chi connectivity index (χ2n) is 9.60. The lowest BCUT2D eigenvalue weighted by Crippen LogP contribution is -2.35. The van der Waals surface area contributed by atoms with E-state index in [1.54, 1.807) is 10.4 Å². The van der Waals surface area contributed by atoms with Gasteiger partial charge < -0.3 is 4.57 Å². The van der Waals surface area contributed by atoms with Gasteiger partial charge in [-0.05, 0) is 74.1 Å². The van der Waals surface area contributed by atoms with E-state index in [1.165, 1.54) is 38.9 Å². The molecule has 5 heteroatoms. The normalized spacial score (nSPS) is 14.9. The third-order valence-electron chi connectivity index (χ3n) is 7.28. The topological polar surface area (TPSA) is 42.3 Å². The Bertz CT molecular complexity index is 1560. The lowest BCUT2D eigenvalue weighted by molar-refractivity contribution is 0.441. The molecule has 0 saturated carbocycles. The molecule has 0 amide bonds. The minimum Gasteiger partial charge on any atom is -0.340 e. The maximum Gasteiger partial charge on any atom is 0.243 e. The Kier molecular flexibility index (Phi) is 6.16. The van der Waals surface area contributed by atoms with Crippen molar-refractivity contribution in [2.45, 2.75) is 45.6 Å². The molecule has 0 atom stereocenters. The van der Waals surface area contributed by atoms with Crippen molar-refractivity contribution in [3.63, 3.8) is 0 Å². The Morgan fingerprint density at radius 1 is 0.857 bits per heavy atom. The van der Waals surface area contributed by atoms with Gasteiger partial charge in [-0.2, -0.15) is 4.31 Å². The average Bonchev–Trinajstić information content (AvgIpc) is 3.13. The number of hydrogen-bond acceptors (Lipinski definition) is 2. The van der Waals surface area contributed by atoms with Crippen molar-refractivity contribution in [2.75, 3.05) is 13.1 Å². The van der Waals surface area contributed by atoms with Gasteiger partial charge >= 0.3 is 0 Å². The standard InChI is InChI=1S/C30H32N2O2S/c1-21-13-14-23(3)29(19-21)35(33,34)31-17-15-25(16-18-31)30-24(4)32(28-12-8-7-11-27(28)30)20-26-10-6-5-9-22(26)2/h5-15,19H,16-18,20H2,1-4H3. The highest BCUT2D eigenvalue weighted by atomic mass is 32.2. The van der Waals surface area contributed by atoms with Gasteiger partial charge in [-0.15, -0.1) is 0 Å². The number of aromatic nitrogens is 1. The number of rotatable bonds is 5. The Morgan fingerprint density at radius 2 is 1.60 bits per heavy atom. The highest BCUT2D eigenvalue weighted by Gasteiger charge is 2.29. The number of hydrogen-bond donors (Lipinski definition) is 0. The van der Waals surface area contributed by atoms with Gasteiger partial charge in [0, 0.05) is 41.8 Å². The minimum absolute atomic E-state index is 0.391. The van der Waals surface area contributed by atoms with Crippen molar-refractivity contribution >= 4 is 26.5 Å². The number of fused-ring (bicyclic) bond motifs is 1. The van der Waals surface area contributed by atoms with E-state index in [9.17, 15) is 8.42 Å². The summed E-state index contributed by atoms with van der Waals surface area (Å²) in [5.41, 5.74) is 9.27. The predicted molar refractivity (Wildman–Crippen MR) is 144 cm³/mol. The fourth-order valence-corrected chi connectivity index (χ4v) is 6.91. The van der Waals surface area contributed by atoms with Crippen LogP contribution in [0.25, 0.3) is 16.5 Å². The smallest absolute Gasteiger partial charge is 0.243 e. The van der Waals surface area contributed by atoms with Crippen LogP contribution in [0, 0.1) is 27.7 Å². The van der Waals surface area contributed by atoms with Crippen molar-refractivity contribution in [1.82, 2.24) is 8.87 Å². The molecule has 3 aromatic carbocycles. The summed E-state index contributed by atoms with van der Waals surface area (Å²) < 4.78 is 30.8. The van der Waals surface area contributed by atoms with E-state index in [4.69, 9.17) is 0 Å². The molecule has 0 unspecified atom stereocenters. The maximum absolute atomic E-state index is 13.4. The van der Waals surface area contributed by atoms with Crippen molar-refractivity contribution in [2.24, 2.45) is 0 Å². The van der Waals surface area contributed by atoms with E-state index >= 15 is 0 Å². The van der Waals surface area contributed by atoms with E-state index in [-0.39, 0.29) is 0 Å².